The smallest absolute Gasteiger partial charge is 0.448 e. The van der Waals surface area contributed by atoms with E-state index in [2.05, 4.69) is 4.84 Å². The second kappa shape index (κ2) is 6.75. The molecule has 2 aliphatic rings. The van der Waals surface area contributed by atoms with Gasteiger partial charge in [0.2, 0.25) is 5.91 Å². The van der Waals surface area contributed by atoms with E-state index in [0.717, 1.165) is 10.5 Å². The zero-order chi connectivity index (χ0) is 16.4. The van der Waals surface area contributed by atoms with Gasteiger partial charge in [-0.05, 0) is 18.0 Å². The maximum atomic E-state index is 12.4. The second-order valence-electron chi connectivity index (χ2n) is 5.24. The highest BCUT2D eigenvalue weighted by molar-refractivity contribution is 7.97. The molecule has 0 saturated carbocycles. The van der Waals surface area contributed by atoms with Gasteiger partial charge >= 0.3 is 6.16 Å². The lowest BCUT2D eigenvalue weighted by atomic mass is 10.2. The van der Waals surface area contributed by atoms with E-state index in [1.807, 2.05) is 24.3 Å². The summed E-state index contributed by atoms with van der Waals surface area (Å²) in [5, 5.41) is 20.2. The summed E-state index contributed by atoms with van der Waals surface area (Å²) >= 11 is 1.37. The van der Waals surface area contributed by atoms with Crippen molar-refractivity contribution in [1.29, 1.82) is 0 Å². The molecule has 0 radical (unpaired) electrons. The number of hydrogen-bond donors (Lipinski definition) is 2. The van der Waals surface area contributed by atoms with Gasteiger partial charge in [-0.2, -0.15) is 0 Å². The minimum atomic E-state index is -1.35. The van der Waals surface area contributed by atoms with Gasteiger partial charge in [-0.1, -0.05) is 18.2 Å². The highest BCUT2D eigenvalue weighted by Crippen LogP contribution is 2.42. The maximum Gasteiger partial charge on any atom is 0.525 e. The van der Waals surface area contributed by atoms with Crippen molar-refractivity contribution in [3.63, 3.8) is 0 Å². The summed E-state index contributed by atoms with van der Waals surface area (Å²) in [7, 11) is 0. The van der Waals surface area contributed by atoms with Crippen LogP contribution < -0.4 is 0 Å². The van der Waals surface area contributed by atoms with Crippen LogP contribution in [0.3, 0.4) is 0 Å². The number of aliphatic hydroxyl groups excluding tert-OH is 1. The molecule has 124 valence electrons. The van der Waals surface area contributed by atoms with E-state index in [4.69, 9.17) is 5.11 Å². The minimum Gasteiger partial charge on any atom is -0.448 e. The third-order valence-corrected chi connectivity index (χ3v) is 4.91. The Labute approximate surface area is 137 Å². The van der Waals surface area contributed by atoms with E-state index in [1.54, 1.807) is 9.21 Å². The van der Waals surface area contributed by atoms with Crippen LogP contribution in [0.15, 0.2) is 29.2 Å². The summed E-state index contributed by atoms with van der Waals surface area (Å²) in [5.74, 6) is -0.0978. The normalized spacial score (nSPS) is 22.0. The van der Waals surface area contributed by atoms with E-state index >= 15 is 0 Å². The molecule has 1 aromatic rings. The van der Waals surface area contributed by atoms with Crippen LogP contribution in [0.1, 0.15) is 11.8 Å². The van der Waals surface area contributed by atoms with Crippen LogP contribution in [0.2, 0.25) is 0 Å². The number of nitrogens with zero attached hydrogens (tertiary/aromatic N) is 3. The van der Waals surface area contributed by atoms with Crippen molar-refractivity contribution in [3.8, 4) is 0 Å². The van der Waals surface area contributed by atoms with Crippen molar-refractivity contribution in [1.82, 2.24) is 14.3 Å². The van der Waals surface area contributed by atoms with E-state index in [1.165, 1.54) is 17.0 Å². The number of benzene rings is 1. The average molecular weight is 339 g/mol. The van der Waals surface area contributed by atoms with Crippen LogP contribution in [0.5, 0.6) is 0 Å². The number of hydroxylamine groups is 2. The maximum absolute atomic E-state index is 12.4. The van der Waals surface area contributed by atoms with Gasteiger partial charge in [-0.15, -0.1) is 5.06 Å². The SMILES string of the molecule is O=C(O)ON1CCN(C(=O)CN2Sc3ccccc3C2O)CC1. The van der Waals surface area contributed by atoms with Crippen LogP contribution in [0.4, 0.5) is 4.79 Å². The van der Waals surface area contributed by atoms with Gasteiger partial charge in [-0.3, -0.25) is 4.79 Å². The summed E-state index contributed by atoms with van der Waals surface area (Å²) < 4.78 is 1.65. The quantitative estimate of drug-likeness (QED) is 0.780. The van der Waals surface area contributed by atoms with Gasteiger partial charge < -0.3 is 20.0 Å². The largest absolute Gasteiger partial charge is 0.525 e. The highest BCUT2D eigenvalue weighted by Gasteiger charge is 2.32. The second-order valence-corrected chi connectivity index (χ2v) is 6.34. The lowest BCUT2D eigenvalue weighted by molar-refractivity contribution is -0.154. The molecule has 1 atom stereocenters. The summed E-state index contributed by atoms with van der Waals surface area (Å²) in [6.07, 6.45) is -2.14. The van der Waals surface area contributed by atoms with Crippen molar-refractivity contribution in [3.05, 3.63) is 29.8 Å². The first-order valence-electron chi connectivity index (χ1n) is 7.20. The third kappa shape index (κ3) is 3.58. The minimum absolute atomic E-state index is 0.0975. The fourth-order valence-corrected chi connectivity index (χ4v) is 3.66. The number of amides is 1. The summed E-state index contributed by atoms with van der Waals surface area (Å²) in [6, 6.07) is 7.51. The highest BCUT2D eigenvalue weighted by atomic mass is 32.2. The Hall–Kier alpha value is -1.81. The van der Waals surface area contributed by atoms with Gasteiger partial charge in [0.15, 0.2) is 0 Å². The number of piperazine rings is 1. The predicted molar refractivity (Wildman–Crippen MR) is 81.2 cm³/mol. The Morgan fingerprint density at radius 2 is 1.91 bits per heavy atom. The number of carbonyl (C=O) groups excluding carboxylic acids is 1. The molecular formula is C14H17N3O5S. The summed E-state index contributed by atoms with van der Waals surface area (Å²) in [6.45, 7) is 1.57. The Bertz CT molecular complexity index is 606. The van der Waals surface area contributed by atoms with Gasteiger partial charge in [-0.25, -0.2) is 9.10 Å². The Balaban J connectivity index is 1.52. The summed E-state index contributed by atoms with van der Waals surface area (Å²) in [5.41, 5.74) is 0.810. The molecule has 0 aliphatic carbocycles. The van der Waals surface area contributed by atoms with E-state index < -0.39 is 12.4 Å². The zero-order valence-electron chi connectivity index (χ0n) is 12.3. The lowest BCUT2D eigenvalue weighted by Crippen LogP contribution is -2.50. The van der Waals surface area contributed by atoms with Gasteiger partial charge in [0.1, 0.15) is 6.23 Å². The molecular weight excluding hydrogens is 322 g/mol. The molecule has 2 aliphatic heterocycles. The van der Waals surface area contributed by atoms with Crippen molar-refractivity contribution in [2.75, 3.05) is 32.7 Å². The molecule has 1 aromatic carbocycles. The standard InChI is InChI=1S/C14H17N3O5S/c18-12(15-5-7-16(8-6-15)22-14(20)21)9-17-13(19)10-3-1-2-4-11(10)23-17/h1-4,13,19H,5-9H2,(H,20,21). The molecule has 0 aromatic heterocycles. The van der Waals surface area contributed by atoms with Crippen molar-refractivity contribution < 1.29 is 24.6 Å². The lowest BCUT2D eigenvalue weighted by Gasteiger charge is -2.33. The van der Waals surface area contributed by atoms with Crippen LogP contribution in [0, 0.1) is 0 Å². The molecule has 1 saturated heterocycles. The van der Waals surface area contributed by atoms with E-state index in [9.17, 15) is 14.7 Å². The fourth-order valence-electron chi connectivity index (χ4n) is 2.60. The molecule has 8 nitrogen and oxygen atoms in total. The molecule has 0 spiro atoms. The zero-order valence-corrected chi connectivity index (χ0v) is 13.1. The van der Waals surface area contributed by atoms with Crippen LogP contribution in [-0.2, 0) is 9.63 Å². The topological polar surface area (TPSA) is 93.6 Å². The summed E-state index contributed by atoms with van der Waals surface area (Å²) in [4.78, 5) is 30.0. The number of carbonyl (C=O) groups is 2. The number of fused-ring (bicyclic) bond motifs is 1. The van der Waals surface area contributed by atoms with Gasteiger partial charge in [0.25, 0.3) is 0 Å². The molecule has 9 heteroatoms. The average Bonchev–Trinajstić information content (AvgIpc) is 2.84. The van der Waals surface area contributed by atoms with Gasteiger partial charge in [0.05, 0.1) is 19.6 Å². The molecule has 23 heavy (non-hydrogen) atoms. The van der Waals surface area contributed by atoms with Crippen LogP contribution >= 0.6 is 11.9 Å². The van der Waals surface area contributed by atoms with Crippen LogP contribution in [-0.4, -0.2) is 69.3 Å². The van der Waals surface area contributed by atoms with E-state index in [0.29, 0.717) is 26.2 Å². The van der Waals surface area contributed by atoms with Crippen molar-refractivity contribution in [2.24, 2.45) is 0 Å². The monoisotopic (exact) mass is 339 g/mol. The van der Waals surface area contributed by atoms with Gasteiger partial charge in [0, 0.05) is 23.5 Å². The van der Waals surface area contributed by atoms with Crippen molar-refractivity contribution in [2.45, 2.75) is 11.1 Å². The molecule has 0 bridgehead atoms. The molecule has 1 fully saturated rings. The van der Waals surface area contributed by atoms with Crippen molar-refractivity contribution >= 4 is 24.0 Å². The third-order valence-electron chi connectivity index (χ3n) is 3.78. The number of rotatable bonds is 3. The molecule has 2 heterocycles. The first-order valence-corrected chi connectivity index (χ1v) is 7.97. The molecule has 3 rings (SSSR count). The molecule has 1 amide bonds. The number of aliphatic hydroxyl groups is 1. The fraction of sp³-hybridized carbons (Fsp3) is 0.429. The molecule has 1 unspecified atom stereocenters. The molecule has 2 N–H and O–H groups in total. The number of hydrogen-bond acceptors (Lipinski definition) is 7. The van der Waals surface area contributed by atoms with E-state index in [-0.39, 0.29) is 12.5 Å². The predicted octanol–water partition coefficient (Wildman–Crippen LogP) is 0.754. The first kappa shape index (κ1) is 16.1. The van der Waals surface area contributed by atoms with Crippen LogP contribution in [0.25, 0.3) is 0 Å². The Morgan fingerprint density at radius 3 is 2.57 bits per heavy atom. The Morgan fingerprint density at radius 1 is 1.22 bits per heavy atom. The number of carboxylic acid groups (broad SMARTS) is 1. The Kier molecular flexibility index (Phi) is 4.71. The first-order chi connectivity index (χ1) is 11.0.